The topological polar surface area (TPSA) is 78.9 Å². The van der Waals surface area contributed by atoms with Gasteiger partial charge in [-0.2, -0.15) is 0 Å². The fraction of sp³-hybridized carbons (Fsp3) is 0.948. The summed E-state index contributed by atoms with van der Waals surface area (Å²) in [4.78, 5) is 38.0. The standard InChI is InChI=1S/C58H112O6/c1-7-54(6)46-40-34-27-23-19-15-12-13-17-21-25-29-36-42-48-57(60)63-51-55(64-58(61)49-43-37-31-30-33-39-45-53(4)5)50-62-56(59)47-41-35-28-24-20-16-11-9-8-10-14-18-22-26-32-38-44-52(2)3/h52-55H,7-51H2,1-6H3/t54?,55-/m1/s1. The molecule has 0 saturated heterocycles. The Morgan fingerprint density at radius 3 is 0.812 bits per heavy atom. The zero-order chi connectivity index (χ0) is 47.0. The molecule has 0 aliphatic carbocycles. The molecule has 0 fully saturated rings. The lowest BCUT2D eigenvalue weighted by Gasteiger charge is -2.18. The fourth-order valence-electron chi connectivity index (χ4n) is 8.79. The van der Waals surface area contributed by atoms with Crippen LogP contribution in [0, 0.1) is 17.8 Å². The van der Waals surface area contributed by atoms with Crippen molar-refractivity contribution < 1.29 is 28.6 Å². The highest BCUT2D eigenvalue weighted by Crippen LogP contribution is 2.19. The van der Waals surface area contributed by atoms with Crippen LogP contribution in [-0.2, 0) is 28.6 Å². The van der Waals surface area contributed by atoms with E-state index in [9.17, 15) is 14.4 Å². The van der Waals surface area contributed by atoms with Crippen molar-refractivity contribution in [3.8, 4) is 0 Å². The van der Waals surface area contributed by atoms with Crippen LogP contribution in [0.15, 0.2) is 0 Å². The predicted molar refractivity (Wildman–Crippen MR) is 275 cm³/mol. The highest BCUT2D eigenvalue weighted by atomic mass is 16.6. The van der Waals surface area contributed by atoms with E-state index in [2.05, 4.69) is 41.5 Å². The number of unbranched alkanes of at least 4 members (excludes halogenated alkanes) is 33. The van der Waals surface area contributed by atoms with Gasteiger partial charge in [0.1, 0.15) is 13.2 Å². The lowest BCUT2D eigenvalue weighted by molar-refractivity contribution is -0.167. The van der Waals surface area contributed by atoms with Crippen LogP contribution in [0.1, 0.15) is 318 Å². The molecule has 380 valence electrons. The average Bonchev–Trinajstić information content (AvgIpc) is 3.27. The van der Waals surface area contributed by atoms with Crippen molar-refractivity contribution in [1.82, 2.24) is 0 Å². The first-order chi connectivity index (χ1) is 31.1. The van der Waals surface area contributed by atoms with Gasteiger partial charge < -0.3 is 14.2 Å². The number of rotatable bonds is 51. The summed E-state index contributed by atoms with van der Waals surface area (Å²) in [6.45, 7) is 13.7. The monoisotopic (exact) mass is 905 g/mol. The van der Waals surface area contributed by atoms with Crippen molar-refractivity contribution >= 4 is 17.9 Å². The van der Waals surface area contributed by atoms with Crippen molar-refractivity contribution in [3.63, 3.8) is 0 Å². The second kappa shape index (κ2) is 49.3. The molecular weight excluding hydrogens is 793 g/mol. The van der Waals surface area contributed by atoms with E-state index < -0.39 is 6.10 Å². The Balaban J connectivity index is 4.19. The smallest absolute Gasteiger partial charge is 0.306 e. The van der Waals surface area contributed by atoms with Crippen LogP contribution < -0.4 is 0 Å². The van der Waals surface area contributed by atoms with Crippen molar-refractivity contribution in [2.24, 2.45) is 17.8 Å². The van der Waals surface area contributed by atoms with Crippen LogP contribution in [0.25, 0.3) is 0 Å². The van der Waals surface area contributed by atoms with Crippen LogP contribution >= 0.6 is 0 Å². The zero-order valence-corrected chi connectivity index (χ0v) is 44.1. The Bertz CT molecular complexity index is 993. The van der Waals surface area contributed by atoms with Crippen molar-refractivity contribution in [1.29, 1.82) is 0 Å². The fourth-order valence-corrected chi connectivity index (χ4v) is 8.79. The summed E-state index contributed by atoms with van der Waals surface area (Å²) in [5.41, 5.74) is 0. The van der Waals surface area contributed by atoms with Gasteiger partial charge in [-0.1, -0.05) is 279 Å². The molecular formula is C58H112O6. The van der Waals surface area contributed by atoms with E-state index in [1.54, 1.807) is 0 Å². The minimum Gasteiger partial charge on any atom is -0.462 e. The lowest BCUT2D eigenvalue weighted by atomic mass is 9.99. The Morgan fingerprint density at radius 1 is 0.312 bits per heavy atom. The van der Waals surface area contributed by atoms with E-state index in [4.69, 9.17) is 14.2 Å². The molecule has 0 N–H and O–H groups in total. The van der Waals surface area contributed by atoms with Crippen LogP contribution in [-0.4, -0.2) is 37.2 Å². The van der Waals surface area contributed by atoms with Gasteiger partial charge in [0.25, 0.3) is 0 Å². The summed E-state index contributed by atoms with van der Waals surface area (Å²) < 4.78 is 16.8. The van der Waals surface area contributed by atoms with Gasteiger partial charge in [-0.3, -0.25) is 14.4 Å². The first kappa shape index (κ1) is 62.4. The quantitative estimate of drug-likeness (QED) is 0.0344. The third-order valence-corrected chi connectivity index (χ3v) is 13.5. The van der Waals surface area contributed by atoms with Crippen LogP contribution in [0.2, 0.25) is 0 Å². The lowest BCUT2D eigenvalue weighted by Crippen LogP contribution is -2.30. The van der Waals surface area contributed by atoms with Gasteiger partial charge >= 0.3 is 17.9 Å². The molecule has 0 bridgehead atoms. The molecule has 0 aliphatic rings. The second-order valence-corrected chi connectivity index (χ2v) is 21.1. The molecule has 64 heavy (non-hydrogen) atoms. The van der Waals surface area contributed by atoms with Gasteiger partial charge in [-0.05, 0) is 37.0 Å². The molecule has 0 rings (SSSR count). The van der Waals surface area contributed by atoms with Gasteiger partial charge in [0.15, 0.2) is 6.10 Å². The molecule has 0 aromatic carbocycles. The molecule has 0 spiro atoms. The maximum atomic E-state index is 12.8. The maximum absolute atomic E-state index is 12.8. The maximum Gasteiger partial charge on any atom is 0.306 e. The summed E-state index contributed by atoms with van der Waals surface area (Å²) in [7, 11) is 0. The van der Waals surface area contributed by atoms with E-state index in [1.807, 2.05) is 0 Å². The Hall–Kier alpha value is -1.59. The van der Waals surface area contributed by atoms with Gasteiger partial charge in [0, 0.05) is 19.3 Å². The number of hydrogen-bond donors (Lipinski definition) is 0. The van der Waals surface area contributed by atoms with Gasteiger partial charge in [0.2, 0.25) is 0 Å². The van der Waals surface area contributed by atoms with Crippen molar-refractivity contribution in [2.45, 2.75) is 324 Å². The Labute approximate surface area is 399 Å². The molecule has 0 radical (unpaired) electrons. The summed E-state index contributed by atoms with van der Waals surface area (Å²) in [5, 5.41) is 0. The third-order valence-electron chi connectivity index (χ3n) is 13.5. The highest BCUT2D eigenvalue weighted by Gasteiger charge is 2.19. The van der Waals surface area contributed by atoms with Gasteiger partial charge in [-0.15, -0.1) is 0 Å². The normalized spacial score (nSPS) is 12.6. The number of carbonyl (C=O) groups excluding carboxylic acids is 3. The first-order valence-corrected chi connectivity index (χ1v) is 28.6. The van der Waals surface area contributed by atoms with Gasteiger partial charge in [0.05, 0.1) is 0 Å². The number of esters is 3. The molecule has 2 atom stereocenters. The molecule has 6 nitrogen and oxygen atoms in total. The summed E-state index contributed by atoms with van der Waals surface area (Å²) in [5.74, 6) is 1.66. The summed E-state index contributed by atoms with van der Waals surface area (Å²) in [6, 6.07) is 0. The molecule has 0 aromatic heterocycles. The van der Waals surface area contributed by atoms with Crippen LogP contribution in [0.3, 0.4) is 0 Å². The average molecular weight is 906 g/mol. The van der Waals surface area contributed by atoms with Crippen molar-refractivity contribution in [3.05, 3.63) is 0 Å². The number of ether oxygens (including phenoxy) is 3. The Morgan fingerprint density at radius 2 is 0.547 bits per heavy atom. The highest BCUT2D eigenvalue weighted by molar-refractivity contribution is 5.71. The molecule has 0 heterocycles. The van der Waals surface area contributed by atoms with E-state index in [0.717, 1.165) is 75.5 Å². The van der Waals surface area contributed by atoms with E-state index in [0.29, 0.717) is 19.3 Å². The van der Waals surface area contributed by atoms with E-state index in [-0.39, 0.29) is 31.1 Å². The molecule has 0 aliphatic heterocycles. The zero-order valence-electron chi connectivity index (χ0n) is 44.1. The molecule has 0 aromatic rings. The summed E-state index contributed by atoms with van der Waals surface area (Å²) >= 11 is 0. The largest absolute Gasteiger partial charge is 0.462 e. The molecule has 1 unspecified atom stereocenters. The molecule has 0 amide bonds. The van der Waals surface area contributed by atoms with E-state index in [1.165, 1.54) is 199 Å². The van der Waals surface area contributed by atoms with Crippen LogP contribution in [0.4, 0.5) is 0 Å². The minimum absolute atomic E-state index is 0.0648. The summed E-state index contributed by atoms with van der Waals surface area (Å²) in [6.07, 6.45) is 51.1. The van der Waals surface area contributed by atoms with Gasteiger partial charge in [-0.25, -0.2) is 0 Å². The SMILES string of the molecule is CCC(C)CCCCCCCCCCCCCCCCC(=O)OC[C@@H](COC(=O)CCCCCCCCCCCCCCCCCCC(C)C)OC(=O)CCCCCCCCC(C)C. The van der Waals surface area contributed by atoms with Crippen molar-refractivity contribution in [2.75, 3.05) is 13.2 Å². The second-order valence-electron chi connectivity index (χ2n) is 21.1. The minimum atomic E-state index is -0.764. The van der Waals surface area contributed by atoms with E-state index >= 15 is 0 Å². The third kappa shape index (κ3) is 49.8. The Kier molecular flexibility index (Phi) is 48.1. The van der Waals surface area contributed by atoms with Crippen LogP contribution in [0.5, 0.6) is 0 Å². The number of carbonyl (C=O) groups is 3. The molecule has 0 saturated carbocycles. The predicted octanol–water partition coefficient (Wildman–Crippen LogP) is 18.7. The molecule has 6 heteroatoms. The first-order valence-electron chi connectivity index (χ1n) is 28.6. The number of hydrogen-bond acceptors (Lipinski definition) is 6.